The van der Waals surface area contributed by atoms with E-state index in [4.69, 9.17) is 23.2 Å². The molecule has 3 nitrogen and oxygen atoms in total. The minimum atomic E-state index is -4.58. The molecular weight excluding hydrogens is 446 g/mol. The van der Waals surface area contributed by atoms with Crippen molar-refractivity contribution >= 4 is 46.6 Å². The number of phenols is 1. The molecule has 0 aromatic heterocycles. The summed E-state index contributed by atoms with van der Waals surface area (Å²) in [6.45, 7) is 0. The Morgan fingerprint density at radius 2 is 1.59 bits per heavy atom. The lowest BCUT2D eigenvalue weighted by molar-refractivity contribution is -0.137. The molecule has 0 aliphatic rings. The van der Waals surface area contributed by atoms with Crippen molar-refractivity contribution in [1.82, 2.24) is 0 Å². The topological polar surface area (TPSA) is 49.3 Å². The second-order valence-corrected chi connectivity index (χ2v) is 7.87. The number of nitrogens with one attached hydrogen (secondary N) is 1. The van der Waals surface area contributed by atoms with Gasteiger partial charge >= 0.3 is 6.18 Å². The number of benzene rings is 3. The molecule has 0 spiro atoms. The Morgan fingerprint density at radius 1 is 0.931 bits per heavy atom. The number of phenolic OH excluding ortho intramolecular Hbond substituents is 1. The van der Waals surface area contributed by atoms with E-state index in [1.165, 1.54) is 24.3 Å². The Hall–Kier alpha value is -2.35. The molecule has 3 aromatic rings. The molecule has 0 saturated heterocycles. The molecule has 2 N–H and O–H groups in total. The third kappa shape index (κ3) is 5.38. The number of aromatic hydroxyl groups is 1. The molecule has 0 bridgehead atoms. The molecular formula is C20H12Cl2F3NO2S. The minimum absolute atomic E-state index is 0.0517. The fourth-order valence-corrected chi connectivity index (χ4v) is 3.58. The Balaban J connectivity index is 1.98. The molecule has 0 unspecified atom stereocenters. The highest BCUT2D eigenvalue weighted by Crippen LogP contribution is 2.39. The summed E-state index contributed by atoms with van der Waals surface area (Å²) in [4.78, 5) is 13.7. The van der Waals surface area contributed by atoms with Crippen LogP contribution in [0.15, 0.2) is 70.5 Å². The van der Waals surface area contributed by atoms with Gasteiger partial charge in [-0.25, -0.2) is 0 Å². The summed E-state index contributed by atoms with van der Waals surface area (Å²) in [6.07, 6.45) is -4.58. The molecule has 150 valence electrons. The Morgan fingerprint density at radius 3 is 2.24 bits per heavy atom. The highest BCUT2D eigenvalue weighted by Gasteiger charge is 2.31. The fourth-order valence-electron chi connectivity index (χ4n) is 2.40. The van der Waals surface area contributed by atoms with Crippen molar-refractivity contribution in [3.05, 3.63) is 81.8 Å². The van der Waals surface area contributed by atoms with Crippen LogP contribution in [0.25, 0.3) is 0 Å². The van der Waals surface area contributed by atoms with Crippen LogP contribution in [0.1, 0.15) is 15.9 Å². The van der Waals surface area contributed by atoms with Crippen molar-refractivity contribution in [2.75, 3.05) is 5.32 Å². The number of hydrogen-bond donors (Lipinski definition) is 2. The molecule has 0 saturated carbocycles. The molecule has 1 amide bonds. The van der Waals surface area contributed by atoms with Crippen LogP contribution in [0.5, 0.6) is 5.75 Å². The van der Waals surface area contributed by atoms with Gasteiger partial charge in [0.25, 0.3) is 5.91 Å². The second kappa shape index (κ2) is 8.57. The molecule has 0 aliphatic carbocycles. The van der Waals surface area contributed by atoms with Crippen molar-refractivity contribution in [1.29, 1.82) is 0 Å². The van der Waals surface area contributed by atoms with Crippen molar-refractivity contribution < 1.29 is 23.1 Å². The highest BCUT2D eigenvalue weighted by atomic mass is 35.5. The number of alkyl halides is 3. The molecule has 29 heavy (non-hydrogen) atoms. The molecule has 0 heterocycles. The summed E-state index contributed by atoms with van der Waals surface area (Å²) < 4.78 is 39.5. The zero-order valence-corrected chi connectivity index (χ0v) is 16.8. The third-order valence-corrected chi connectivity index (χ3v) is 5.37. The first-order chi connectivity index (χ1) is 13.6. The quantitative estimate of drug-likeness (QED) is 0.438. The van der Waals surface area contributed by atoms with E-state index in [0.29, 0.717) is 9.92 Å². The van der Waals surface area contributed by atoms with E-state index in [9.17, 15) is 23.1 Å². The molecule has 0 radical (unpaired) electrons. The van der Waals surface area contributed by atoms with Crippen LogP contribution in [-0.2, 0) is 6.18 Å². The predicted molar refractivity (Wildman–Crippen MR) is 108 cm³/mol. The van der Waals surface area contributed by atoms with Crippen LogP contribution in [0.2, 0.25) is 10.0 Å². The van der Waals surface area contributed by atoms with E-state index < -0.39 is 17.6 Å². The predicted octanol–water partition coefficient (Wildman–Crippen LogP) is 7.12. The van der Waals surface area contributed by atoms with Crippen molar-refractivity contribution in [2.24, 2.45) is 0 Å². The summed E-state index contributed by atoms with van der Waals surface area (Å²) >= 11 is 12.9. The van der Waals surface area contributed by atoms with Crippen molar-refractivity contribution in [3.63, 3.8) is 0 Å². The maximum Gasteiger partial charge on any atom is 0.416 e. The fraction of sp³-hybridized carbons (Fsp3) is 0.0500. The van der Waals surface area contributed by atoms with Gasteiger partial charge in [0.1, 0.15) is 5.75 Å². The lowest BCUT2D eigenvalue weighted by Crippen LogP contribution is -2.14. The van der Waals surface area contributed by atoms with E-state index in [2.05, 4.69) is 5.32 Å². The number of halogens is 5. The molecule has 0 aliphatic heterocycles. The van der Waals surface area contributed by atoms with E-state index in [0.717, 1.165) is 28.8 Å². The molecule has 0 fully saturated rings. The van der Waals surface area contributed by atoms with Crippen LogP contribution >= 0.6 is 35.0 Å². The minimum Gasteiger partial charge on any atom is -0.507 e. The van der Waals surface area contributed by atoms with Gasteiger partial charge in [-0.2, -0.15) is 13.2 Å². The molecule has 3 rings (SSSR count). The summed E-state index contributed by atoms with van der Waals surface area (Å²) in [5.74, 6) is -1.13. The first-order valence-electron chi connectivity index (χ1n) is 8.08. The number of carbonyl (C=O) groups is 1. The zero-order valence-electron chi connectivity index (χ0n) is 14.4. The molecule has 3 aromatic carbocycles. The lowest BCUT2D eigenvalue weighted by atomic mass is 10.1. The smallest absolute Gasteiger partial charge is 0.416 e. The summed E-state index contributed by atoms with van der Waals surface area (Å²) in [7, 11) is 0. The Bertz CT molecular complexity index is 1060. The number of amides is 1. The summed E-state index contributed by atoms with van der Waals surface area (Å²) in [6, 6.07) is 13.6. The van der Waals surface area contributed by atoms with Gasteiger partial charge in [0.2, 0.25) is 0 Å². The van der Waals surface area contributed by atoms with E-state index in [1.807, 2.05) is 0 Å². The van der Waals surface area contributed by atoms with Gasteiger partial charge in [0, 0.05) is 19.8 Å². The van der Waals surface area contributed by atoms with E-state index in [1.54, 1.807) is 24.3 Å². The van der Waals surface area contributed by atoms with Gasteiger partial charge in [-0.1, -0.05) is 35.0 Å². The number of rotatable bonds is 4. The van der Waals surface area contributed by atoms with Crippen molar-refractivity contribution in [3.8, 4) is 5.75 Å². The van der Waals surface area contributed by atoms with E-state index in [-0.39, 0.29) is 22.0 Å². The Labute approximate surface area is 178 Å². The second-order valence-electron chi connectivity index (χ2n) is 5.88. The van der Waals surface area contributed by atoms with Crippen LogP contribution < -0.4 is 5.32 Å². The lowest BCUT2D eigenvalue weighted by Gasteiger charge is -2.15. The van der Waals surface area contributed by atoms with Crippen LogP contribution in [0.3, 0.4) is 0 Å². The van der Waals surface area contributed by atoms with Gasteiger partial charge < -0.3 is 10.4 Å². The highest BCUT2D eigenvalue weighted by molar-refractivity contribution is 7.99. The molecule has 9 heteroatoms. The van der Waals surface area contributed by atoms with Gasteiger partial charge in [-0.3, -0.25) is 4.79 Å². The van der Waals surface area contributed by atoms with Gasteiger partial charge in [-0.05, 0) is 60.7 Å². The first kappa shape index (κ1) is 21.4. The number of hydrogen-bond acceptors (Lipinski definition) is 3. The maximum atomic E-state index is 13.2. The average molecular weight is 458 g/mol. The summed E-state index contributed by atoms with van der Waals surface area (Å²) in [5, 5.41) is 13.0. The normalized spacial score (nSPS) is 11.3. The van der Waals surface area contributed by atoms with Crippen molar-refractivity contribution in [2.45, 2.75) is 16.0 Å². The maximum absolute atomic E-state index is 13.2. The van der Waals surface area contributed by atoms with Crippen LogP contribution in [0, 0.1) is 0 Å². The molecule has 0 atom stereocenters. The van der Waals surface area contributed by atoms with Crippen LogP contribution in [0.4, 0.5) is 18.9 Å². The number of anilines is 1. The third-order valence-electron chi connectivity index (χ3n) is 3.80. The van der Waals surface area contributed by atoms with Gasteiger partial charge in [0.15, 0.2) is 0 Å². The standard InChI is InChI=1S/C20H12Cl2F3NO2S/c21-12-2-5-14(6-3-12)29-18-8-1-11(20(23,24)25)9-16(18)26-19(28)15-10-13(22)4-7-17(15)27/h1-10,27H,(H,26,28). The van der Waals surface area contributed by atoms with Crippen LogP contribution in [-0.4, -0.2) is 11.0 Å². The van der Waals surface area contributed by atoms with Gasteiger partial charge in [0.05, 0.1) is 16.8 Å². The SMILES string of the molecule is O=C(Nc1cc(C(F)(F)F)ccc1Sc1ccc(Cl)cc1)c1cc(Cl)ccc1O. The average Bonchev–Trinajstić information content (AvgIpc) is 2.66. The largest absolute Gasteiger partial charge is 0.507 e. The van der Waals surface area contributed by atoms with Gasteiger partial charge in [-0.15, -0.1) is 0 Å². The first-order valence-corrected chi connectivity index (χ1v) is 9.65. The summed E-state index contributed by atoms with van der Waals surface area (Å²) in [5.41, 5.74) is -1.12. The van der Waals surface area contributed by atoms with E-state index >= 15 is 0 Å². The Kier molecular flexibility index (Phi) is 6.31. The monoisotopic (exact) mass is 457 g/mol. The zero-order chi connectivity index (χ0) is 21.2. The number of carbonyl (C=O) groups excluding carboxylic acids is 1.